The lowest BCUT2D eigenvalue weighted by Crippen LogP contribution is -2.26. The van der Waals surface area contributed by atoms with Crippen LogP contribution in [0.25, 0.3) is 11.1 Å². The molecule has 0 heterocycles. The molecule has 3 aromatic rings. The van der Waals surface area contributed by atoms with Gasteiger partial charge in [0.15, 0.2) is 0 Å². The molecule has 3 aromatic carbocycles. The van der Waals surface area contributed by atoms with Gasteiger partial charge < -0.3 is 10.0 Å². The zero-order chi connectivity index (χ0) is 24.6. The van der Waals surface area contributed by atoms with Gasteiger partial charge in [-0.2, -0.15) is 13.2 Å². The Morgan fingerprint density at radius 1 is 1.03 bits per heavy atom. The van der Waals surface area contributed by atoms with Crippen molar-refractivity contribution in [2.24, 2.45) is 0 Å². The number of carbonyl (C=O) groups is 1. The quantitative estimate of drug-likeness (QED) is 0.462. The highest BCUT2D eigenvalue weighted by Crippen LogP contribution is 2.36. The summed E-state index contributed by atoms with van der Waals surface area (Å²) in [6.45, 7) is 0. The van der Waals surface area contributed by atoms with Gasteiger partial charge in [-0.15, -0.1) is 0 Å². The molecule has 0 saturated carbocycles. The van der Waals surface area contributed by atoms with Crippen LogP contribution in [0.3, 0.4) is 0 Å². The van der Waals surface area contributed by atoms with E-state index in [9.17, 15) is 31.5 Å². The van der Waals surface area contributed by atoms with E-state index in [1.54, 1.807) is 12.1 Å². The van der Waals surface area contributed by atoms with Crippen molar-refractivity contribution < 1.29 is 31.5 Å². The van der Waals surface area contributed by atoms with E-state index < -0.39 is 27.7 Å². The van der Waals surface area contributed by atoms with Gasteiger partial charge in [0.2, 0.25) is 10.0 Å². The molecule has 0 radical (unpaired) electrons. The predicted octanol–water partition coefficient (Wildman–Crippen LogP) is 5.38. The maximum atomic E-state index is 12.9. The largest absolute Gasteiger partial charge is 0.506 e. The molecule has 0 aliphatic carbocycles. The van der Waals surface area contributed by atoms with Crippen LogP contribution in [0.4, 0.5) is 24.5 Å². The zero-order valence-corrected chi connectivity index (χ0v) is 18.9. The number of sulfonamides is 1. The van der Waals surface area contributed by atoms with Gasteiger partial charge >= 0.3 is 6.18 Å². The normalized spacial score (nSPS) is 11.8. The zero-order valence-electron chi connectivity index (χ0n) is 17.3. The number of aromatic hydroxyl groups is 1. The lowest BCUT2D eigenvalue weighted by Gasteiger charge is -2.19. The fourth-order valence-electron chi connectivity index (χ4n) is 3.04. The SMILES string of the molecule is CN(C(=O)c1ccc(-c2ccc(C(F)(F)F)cc2Cl)cc1)c1ccc(O)c(NS(C)(=O)=O)c1. The first kappa shape index (κ1) is 24.4. The van der Waals surface area contributed by atoms with Gasteiger partial charge in [0.1, 0.15) is 5.75 Å². The minimum atomic E-state index is -4.51. The number of hydrogen-bond donors (Lipinski definition) is 2. The number of nitrogens with zero attached hydrogens (tertiary/aromatic N) is 1. The number of amides is 1. The van der Waals surface area contributed by atoms with Gasteiger partial charge in [0.25, 0.3) is 5.91 Å². The highest BCUT2D eigenvalue weighted by Gasteiger charge is 2.31. The van der Waals surface area contributed by atoms with Crippen LogP contribution in [0.15, 0.2) is 60.7 Å². The van der Waals surface area contributed by atoms with Crippen LogP contribution in [0, 0.1) is 0 Å². The Bertz CT molecular complexity index is 1310. The van der Waals surface area contributed by atoms with Crippen LogP contribution in [0.1, 0.15) is 15.9 Å². The molecule has 0 spiro atoms. The van der Waals surface area contributed by atoms with Gasteiger partial charge in [-0.05, 0) is 48.0 Å². The molecular formula is C22H18ClF3N2O4S. The van der Waals surface area contributed by atoms with Crippen LogP contribution >= 0.6 is 11.6 Å². The van der Waals surface area contributed by atoms with Crippen LogP contribution in [0.2, 0.25) is 5.02 Å². The summed E-state index contributed by atoms with van der Waals surface area (Å²) in [6.07, 6.45) is -3.58. The molecule has 6 nitrogen and oxygen atoms in total. The standard InChI is InChI=1S/C22H18ClF3N2O4S/c1-28(16-8-10-20(29)19(12-16)27-33(2,31)32)21(30)14-5-3-13(4-6-14)17-9-7-15(11-18(17)23)22(24,25)26/h3-12,27,29H,1-2H3. The van der Waals surface area contributed by atoms with E-state index >= 15 is 0 Å². The Hall–Kier alpha value is -3.24. The van der Waals surface area contributed by atoms with E-state index in [1.165, 1.54) is 48.3 Å². The molecule has 0 bridgehead atoms. The maximum Gasteiger partial charge on any atom is 0.416 e. The Kier molecular flexibility index (Phi) is 6.62. The maximum absolute atomic E-state index is 12.9. The fraction of sp³-hybridized carbons (Fsp3) is 0.136. The Morgan fingerprint density at radius 3 is 2.21 bits per heavy atom. The number of phenolic OH excluding ortho intramolecular Hbond substituents is 1. The molecule has 1 amide bonds. The molecule has 3 rings (SSSR count). The van der Waals surface area contributed by atoms with E-state index in [0.29, 0.717) is 16.8 Å². The number of carbonyl (C=O) groups excluding carboxylic acids is 1. The molecule has 33 heavy (non-hydrogen) atoms. The number of phenols is 1. The minimum absolute atomic E-state index is 0.0731. The molecule has 11 heteroatoms. The molecule has 0 unspecified atom stereocenters. The molecule has 0 atom stereocenters. The Labute approximate surface area is 193 Å². The average molecular weight is 499 g/mol. The molecule has 174 valence electrons. The minimum Gasteiger partial charge on any atom is -0.506 e. The second-order valence-electron chi connectivity index (χ2n) is 7.21. The second kappa shape index (κ2) is 8.95. The van der Waals surface area contributed by atoms with Gasteiger partial charge in [-0.1, -0.05) is 29.8 Å². The van der Waals surface area contributed by atoms with E-state index in [1.807, 2.05) is 0 Å². The first-order valence-electron chi connectivity index (χ1n) is 9.32. The lowest BCUT2D eigenvalue weighted by molar-refractivity contribution is -0.137. The number of alkyl halides is 3. The van der Waals surface area contributed by atoms with E-state index in [4.69, 9.17) is 11.6 Å². The van der Waals surface area contributed by atoms with Gasteiger partial charge in [-0.25, -0.2) is 8.42 Å². The van der Waals surface area contributed by atoms with E-state index in [2.05, 4.69) is 4.72 Å². The third-order valence-electron chi connectivity index (χ3n) is 4.71. The molecule has 2 N–H and O–H groups in total. The van der Waals surface area contributed by atoms with Gasteiger partial charge in [-0.3, -0.25) is 9.52 Å². The molecule has 0 aromatic heterocycles. The summed E-state index contributed by atoms with van der Waals surface area (Å²) in [5.41, 5.74) is 0.559. The van der Waals surface area contributed by atoms with E-state index in [0.717, 1.165) is 18.4 Å². The smallest absolute Gasteiger partial charge is 0.416 e. The van der Waals surface area contributed by atoms with Crippen molar-refractivity contribution in [3.05, 3.63) is 76.8 Å². The summed E-state index contributed by atoms with van der Waals surface area (Å²) in [5.74, 6) is -0.737. The summed E-state index contributed by atoms with van der Waals surface area (Å²) in [5, 5.41) is 9.78. The fourth-order valence-corrected chi connectivity index (χ4v) is 3.90. The number of benzene rings is 3. The highest BCUT2D eigenvalue weighted by atomic mass is 35.5. The highest BCUT2D eigenvalue weighted by molar-refractivity contribution is 7.92. The molecule has 0 fully saturated rings. The number of nitrogens with one attached hydrogen (secondary N) is 1. The Balaban J connectivity index is 1.84. The molecular weight excluding hydrogens is 481 g/mol. The number of anilines is 2. The van der Waals surface area contributed by atoms with Gasteiger partial charge in [0, 0.05) is 28.9 Å². The number of hydrogen-bond acceptors (Lipinski definition) is 4. The van der Waals surface area contributed by atoms with Crippen LogP contribution in [-0.4, -0.2) is 32.7 Å². The topological polar surface area (TPSA) is 86.7 Å². The van der Waals surface area contributed by atoms with Crippen LogP contribution in [0.5, 0.6) is 5.75 Å². The van der Waals surface area contributed by atoms with Crippen molar-refractivity contribution in [3.63, 3.8) is 0 Å². The van der Waals surface area contributed by atoms with Crippen LogP contribution in [-0.2, 0) is 16.2 Å². The lowest BCUT2D eigenvalue weighted by atomic mass is 10.0. The second-order valence-corrected chi connectivity index (χ2v) is 9.37. The van der Waals surface area contributed by atoms with Gasteiger partial charge in [0.05, 0.1) is 17.5 Å². The van der Waals surface area contributed by atoms with Crippen molar-refractivity contribution in [1.82, 2.24) is 0 Å². The predicted molar refractivity (Wildman–Crippen MR) is 121 cm³/mol. The third-order valence-corrected chi connectivity index (χ3v) is 5.61. The number of rotatable bonds is 5. The average Bonchev–Trinajstić information content (AvgIpc) is 2.73. The Morgan fingerprint density at radius 2 is 1.67 bits per heavy atom. The molecule has 0 saturated heterocycles. The summed E-state index contributed by atoms with van der Waals surface area (Å²) in [6, 6.07) is 13.2. The van der Waals surface area contributed by atoms with Crippen molar-refractivity contribution >= 4 is 38.9 Å². The summed E-state index contributed by atoms with van der Waals surface area (Å²) in [7, 11) is -2.18. The van der Waals surface area contributed by atoms with Crippen LogP contribution < -0.4 is 9.62 Å². The van der Waals surface area contributed by atoms with Crippen molar-refractivity contribution in [2.75, 3.05) is 22.9 Å². The first-order chi connectivity index (χ1) is 15.3. The van der Waals surface area contributed by atoms with Crippen molar-refractivity contribution in [2.45, 2.75) is 6.18 Å². The number of halogens is 4. The summed E-state index contributed by atoms with van der Waals surface area (Å²) in [4.78, 5) is 14.1. The van der Waals surface area contributed by atoms with Crippen molar-refractivity contribution in [3.8, 4) is 16.9 Å². The monoisotopic (exact) mass is 498 g/mol. The molecule has 0 aliphatic heterocycles. The molecule has 0 aliphatic rings. The van der Waals surface area contributed by atoms with Crippen molar-refractivity contribution in [1.29, 1.82) is 0 Å². The third kappa shape index (κ3) is 5.77. The van der Waals surface area contributed by atoms with E-state index in [-0.39, 0.29) is 22.0 Å². The summed E-state index contributed by atoms with van der Waals surface area (Å²) < 4.78 is 63.6. The summed E-state index contributed by atoms with van der Waals surface area (Å²) >= 11 is 6.03. The first-order valence-corrected chi connectivity index (χ1v) is 11.6.